The summed E-state index contributed by atoms with van der Waals surface area (Å²) in [5.74, 6) is 0.205. The van der Waals surface area contributed by atoms with Crippen molar-refractivity contribution in [3.05, 3.63) is 75.5 Å². The van der Waals surface area contributed by atoms with Gasteiger partial charge in [-0.1, -0.05) is 30.3 Å². The molecule has 2 aromatic heterocycles. The summed E-state index contributed by atoms with van der Waals surface area (Å²) in [6, 6.07) is 15.3. The van der Waals surface area contributed by atoms with Gasteiger partial charge in [-0.2, -0.15) is 4.31 Å². The molecule has 2 atom stereocenters. The van der Waals surface area contributed by atoms with E-state index in [0.29, 0.717) is 23.8 Å². The molecule has 0 amide bonds. The van der Waals surface area contributed by atoms with Crippen molar-refractivity contribution in [1.82, 2.24) is 8.87 Å². The van der Waals surface area contributed by atoms with Gasteiger partial charge in [0.1, 0.15) is 4.21 Å². The second-order valence-electron chi connectivity index (χ2n) is 7.96. The van der Waals surface area contributed by atoms with E-state index in [1.807, 2.05) is 47.9 Å². The SMILES string of the molecule is Cc1ccccc1-c1ccc2n(c1=O)C[C@@H]1C[C@@H]2CN(S(=O)(=O)c2cccs2)C1. The number of hydrogen-bond acceptors (Lipinski definition) is 4. The molecule has 2 aliphatic rings. The average molecular weight is 427 g/mol. The molecule has 0 spiro atoms. The Kier molecular flexibility index (Phi) is 4.49. The molecule has 0 radical (unpaired) electrons. The van der Waals surface area contributed by atoms with Crippen molar-refractivity contribution in [3.8, 4) is 11.1 Å². The second-order valence-corrected chi connectivity index (χ2v) is 11.1. The van der Waals surface area contributed by atoms with E-state index in [4.69, 9.17) is 0 Å². The summed E-state index contributed by atoms with van der Waals surface area (Å²) in [6.07, 6.45) is 0.930. The summed E-state index contributed by atoms with van der Waals surface area (Å²) >= 11 is 1.26. The molecule has 1 saturated heterocycles. The third-order valence-corrected chi connectivity index (χ3v) is 9.30. The van der Waals surface area contributed by atoms with Gasteiger partial charge < -0.3 is 4.57 Å². The predicted molar refractivity (Wildman–Crippen MR) is 115 cm³/mol. The molecule has 1 aromatic carbocycles. The van der Waals surface area contributed by atoms with Crippen molar-refractivity contribution < 1.29 is 8.42 Å². The number of rotatable bonds is 3. The number of pyridine rings is 1. The third kappa shape index (κ3) is 3.08. The fraction of sp³-hybridized carbons (Fsp3) is 0.318. The van der Waals surface area contributed by atoms with Crippen LogP contribution >= 0.6 is 11.3 Å². The van der Waals surface area contributed by atoms with Crippen LogP contribution in [0.1, 0.15) is 23.6 Å². The Balaban J connectivity index is 1.53. The first-order chi connectivity index (χ1) is 13.9. The lowest BCUT2D eigenvalue weighted by molar-refractivity contribution is 0.186. The highest BCUT2D eigenvalue weighted by Crippen LogP contribution is 2.38. The summed E-state index contributed by atoms with van der Waals surface area (Å²) in [4.78, 5) is 13.3. The van der Waals surface area contributed by atoms with E-state index in [-0.39, 0.29) is 17.4 Å². The lowest BCUT2D eigenvalue weighted by atomic mass is 9.83. The molecule has 4 heterocycles. The molecular formula is C22H22N2O3S2. The van der Waals surface area contributed by atoms with Gasteiger partial charge in [0, 0.05) is 36.8 Å². The highest BCUT2D eigenvalue weighted by atomic mass is 32.2. The van der Waals surface area contributed by atoms with Crippen molar-refractivity contribution in [3.63, 3.8) is 0 Å². The van der Waals surface area contributed by atoms with Crippen molar-refractivity contribution in [2.45, 2.75) is 30.0 Å². The van der Waals surface area contributed by atoms with Crippen LogP contribution in [0.2, 0.25) is 0 Å². The van der Waals surface area contributed by atoms with Gasteiger partial charge in [0.2, 0.25) is 0 Å². The lowest BCUT2D eigenvalue weighted by Gasteiger charge is -2.42. The number of fused-ring (bicyclic) bond motifs is 4. The van der Waals surface area contributed by atoms with Gasteiger partial charge in [-0.05, 0) is 54.0 Å². The van der Waals surface area contributed by atoms with E-state index < -0.39 is 10.0 Å². The summed E-state index contributed by atoms with van der Waals surface area (Å²) in [5, 5.41) is 1.79. The molecule has 0 aliphatic carbocycles. The molecule has 2 bridgehead atoms. The second kappa shape index (κ2) is 6.93. The maximum atomic E-state index is 13.3. The Labute approximate surface area is 174 Å². The van der Waals surface area contributed by atoms with Crippen LogP contribution in [0.15, 0.2) is 62.9 Å². The van der Waals surface area contributed by atoms with Gasteiger partial charge in [-0.15, -0.1) is 11.3 Å². The number of aromatic nitrogens is 1. The molecule has 29 heavy (non-hydrogen) atoms. The molecule has 5 rings (SSSR count). The van der Waals surface area contributed by atoms with Crippen LogP contribution in [0.3, 0.4) is 0 Å². The molecular weight excluding hydrogens is 404 g/mol. The van der Waals surface area contributed by atoms with Gasteiger partial charge in [-0.3, -0.25) is 4.79 Å². The third-order valence-electron chi connectivity index (χ3n) is 6.10. The minimum atomic E-state index is -3.47. The Morgan fingerprint density at radius 2 is 1.79 bits per heavy atom. The van der Waals surface area contributed by atoms with E-state index >= 15 is 0 Å². The number of piperidine rings is 1. The van der Waals surface area contributed by atoms with E-state index in [2.05, 4.69) is 0 Å². The van der Waals surface area contributed by atoms with Crippen molar-refractivity contribution in [2.24, 2.45) is 5.92 Å². The summed E-state index contributed by atoms with van der Waals surface area (Å²) < 4.78 is 29.9. The molecule has 0 N–H and O–H groups in total. The van der Waals surface area contributed by atoms with Crippen molar-refractivity contribution in [2.75, 3.05) is 13.1 Å². The Bertz CT molecular complexity index is 1230. The Morgan fingerprint density at radius 1 is 0.966 bits per heavy atom. The number of aryl methyl sites for hydroxylation is 1. The predicted octanol–water partition coefficient (Wildman–Crippen LogP) is 3.69. The van der Waals surface area contributed by atoms with E-state index in [1.54, 1.807) is 21.8 Å². The van der Waals surface area contributed by atoms with Gasteiger partial charge in [0.25, 0.3) is 15.6 Å². The number of thiophene rings is 1. The Morgan fingerprint density at radius 3 is 2.55 bits per heavy atom. The van der Waals surface area contributed by atoms with E-state index in [9.17, 15) is 13.2 Å². The fourth-order valence-electron chi connectivity index (χ4n) is 4.72. The topological polar surface area (TPSA) is 59.4 Å². The van der Waals surface area contributed by atoms with Gasteiger partial charge in [0.05, 0.1) is 0 Å². The van der Waals surface area contributed by atoms with Crippen molar-refractivity contribution in [1.29, 1.82) is 0 Å². The van der Waals surface area contributed by atoms with Gasteiger partial charge >= 0.3 is 0 Å². The summed E-state index contributed by atoms with van der Waals surface area (Å²) in [5.41, 5.74) is 3.74. The molecule has 5 nitrogen and oxygen atoms in total. The number of hydrogen-bond donors (Lipinski definition) is 0. The first kappa shape index (κ1) is 18.8. The van der Waals surface area contributed by atoms with Crippen LogP contribution < -0.4 is 5.56 Å². The molecule has 0 saturated carbocycles. The van der Waals surface area contributed by atoms with E-state index in [0.717, 1.165) is 28.8 Å². The zero-order valence-electron chi connectivity index (χ0n) is 16.1. The van der Waals surface area contributed by atoms with Crippen LogP contribution in [-0.2, 0) is 16.6 Å². The quantitative estimate of drug-likeness (QED) is 0.642. The first-order valence-corrected chi connectivity index (χ1v) is 12.1. The summed E-state index contributed by atoms with van der Waals surface area (Å²) in [7, 11) is -3.47. The molecule has 1 fully saturated rings. The minimum Gasteiger partial charge on any atom is -0.311 e. The highest BCUT2D eigenvalue weighted by Gasteiger charge is 2.40. The largest absolute Gasteiger partial charge is 0.311 e. The Hall–Kier alpha value is -2.22. The molecule has 7 heteroatoms. The zero-order chi connectivity index (χ0) is 20.2. The van der Waals surface area contributed by atoms with Crippen LogP contribution in [0.5, 0.6) is 0 Å². The van der Waals surface area contributed by atoms with E-state index in [1.165, 1.54) is 11.3 Å². The zero-order valence-corrected chi connectivity index (χ0v) is 17.7. The van der Waals surface area contributed by atoms with Crippen LogP contribution in [0.25, 0.3) is 11.1 Å². The number of benzene rings is 1. The smallest absolute Gasteiger partial charge is 0.258 e. The molecule has 2 aliphatic heterocycles. The maximum absolute atomic E-state index is 13.3. The van der Waals surface area contributed by atoms with Crippen molar-refractivity contribution >= 4 is 21.4 Å². The average Bonchev–Trinajstić information content (AvgIpc) is 3.25. The monoisotopic (exact) mass is 426 g/mol. The number of sulfonamides is 1. The summed E-state index contributed by atoms with van der Waals surface area (Å²) in [6.45, 7) is 3.48. The van der Waals surface area contributed by atoms with Crippen LogP contribution in [0, 0.1) is 12.8 Å². The van der Waals surface area contributed by atoms with Crippen LogP contribution in [-0.4, -0.2) is 30.4 Å². The van der Waals surface area contributed by atoms with Crippen LogP contribution in [0.4, 0.5) is 0 Å². The van der Waals surface area contributed by atoms with Gasteiger partial charge in [0.15, 0.2) is 0 Å². The number of nitrogens with zero attached hydrogens (tertiary/aromatic N) is 2. The molecule has 0 unspecified atom stereocenters. The maximum Gasteiger partial charge on any atom is 0.258 e. The first-order valence-electron chi connectivity index (χ1n) is 9.78. The normalized spacial score (nSPS) is 21.7. The highest BCUT2D eigenvalue weighted by molar-refractivity contribution is 7.91. The lowest BCUT2D eigenvalue weighted by Crippen LogP contribution is -2.49. The minimum absolute atomic E-state index is 0.0288. The fourth-order valence-corrected chi connectivity index (χ4v) is 7.42. The standard InChI is InChI=1S/C22H22N2O3S2/c1-15-5-2-3-6-18(15)19-8-9-20-17-11-16(13-24(20)22(19)25)12-23(14-17)29(26,27)21-7-4-10-28-21/h2-10,16-17H,11-14H2,1H3/t16-,17-/m1/s1. The van der Waals surface area contributed by atoms with Gasteiger partial charge in [-0.25, -0.2) is 8.42 Å². The molecule has 150 valence electrons. The molecule has 3 aromatic rings.